The quantitative estimate of drug-likeness (QED) is 0.867. The van der Waals surface area contributed by atoms with Crippen LogP contribution in [0.15, 0.2) is 29.2 Å². The monoisotopic (exact) mass is 308 g/mol. The van der Waals surface area contributed by atoms with Gasteiger partial charge in [0.2, 0.25) is 0 Å². The number of nitrogens with one attached hydrogen (secondary N) is 1. The molecule has 0 aromatic heterocycles. The van der Waals surface area contributed by atoms with Crippen LogP contribution in [0.2, 0.25) is 0 Å². The summed E-state index contributed by atoms with van der Waals surface area (Å²) in [5.41, 5.74) is 0. The summed E-state index contributed by atoms with van der Waals surface area (Å²) < 4.78 is 5.79. The van der Waals surface area contributed by atoms with Crippen LogP contribution in [0.25, 0.3) is 0 Å². The van der Waals surface area contributed by atoms with E-state index in [-0.39, 0.29) is 11.9 Å². The van der Waals surface area contributed by atoms with Crippen molar-refractivity contribution in [1.82, 2.24) is 10.2 Å². The molecule has 3 unspecified atom stereocenters. The Balaban J connectivity index is 1.98. The number of carbonyl (C=O) groups is 1. The van der Waals surface area contributed by atoms with Gasteiger partial charge in [0.1, 0.15) is 5.75 Å². The number of benzene rings is 1. The molecule has 116 valence electrons. The van der Waals surface area contributed by atoms with Crippen LogP contribution in [0.4, 0.5) is 0 Å². The van der Waals surface area contributed by atoms with Crippen molar-refractivity contribution in [2.45, 2.75) is 43.9 Å². The third kappa shape index (κ3) is 3.92. The van der Waals surface area contributed by atoms with Crippen molar-refractivity contribution in [3.63, 3.8) is 0 Å². The third-order valence-corrected chi connectivity index (χ3v) is 4.78. The van der Waals surface area contributed by atoms with Gasteiger partial charge in [-0.05, 0) is 51.3 Å². The van der Waals surface area contributed by atoms with Crippen molar-refractivity contribution in [2.24, 2.45) is 0 Å². The van der Waals surface area contributed by atoms with Gasteiger partial charge in [0.15, 0.2) is 6.10 Å². The largest absolute Gasteiger partial charge is 0.481 e. The lowest BCUT2D eigenvalue weighted by molar-refractivity contribution is -0.141. The Morgan fingerprint density at radius 3 is 2.67 bits per heavy atom. The normalized spacial score (nSPS) is 23.7. The molecule has 1 heterocycles. The zero-order valence-electron chi connectivity index (χ0n) is 13.1. The van der Waals surface area contributed by atoms with E-state index in [1.54, 1.807) is 11.8 Å². The average molecular weight is 308 g/mol. The van der Waals surface area contributed by atoms with Crippen molar-refractivity contribution < 1.29 is 9.53 Å². The maximum absolute atomic E-state index is 12.6. The van der Waals surface area contributed by atoms with E-state index >= 15 is 0 Å². The molecular weight excluding hydrogens is 284 g/mol. The van der Waals surface area contributed by atoms with Crippen molar-refractivity contribution in [3.05, 3.63) is 24.3 Å². The molecule has 1 saturated heterocycles. The first-order chi connectivity index (χ1) is 10.0. The van der Waals surface area contributed by atoms with Gasteiger partial charge in [-0.1, -0.05) is 0 Å². The summed E-state index contributed by atoms with van der Waals surface area (Å²) in [7, 11) is 0. The SMILES string of the molecule is CSc1ccc(OC(C)C(=O)N2CCNC(C)C2C)cc1. The molecule has 1 N–H and O–H groups in total. The van der Waals surface area contributed by atoms with E-state index in [1.165, 1.54) is 4.90 Å². The molecule has 0 spiro atoms. The Morgan fingerprint density at radius 1 is 1.38 bits per heavy atom. The fourth-order valence-corrected chi connectivity index (χ4v) is 2.92. The van der Waals surface area contributed by atoms with Crippen LogP contribution in [0.5, 0.6) is 5.75 Å². The highest BCUT2D eigenvalue weighted by Gasteiger charge is 2.31. The molecule has 0 bridgehead atoms. The maximum atomic E-state index is 12.6. The van der Waals surface area contributed by atoms with Crippen molar-refractivity contribution in [2.75, 3.05) is 19.3 Å². The summed E-state index contributed by atoms with van der Waals surface area (Å²) in [5, 5.41) is 3.38. The topological polar surface area (TPSA) is 41.6 Å². The molecule has 3 atom stereocenters. The van der Waals surface area contributed by atoms with Crippen molar-refractivity contribution in [3.8, 4) is 5.75 Å². The molecule has 4 nitrogen and oxygen atoms in total. The Labute approximate surface area is 131 Å². The minimum Gasteiger partial charge on any atom is -0.481 e. The number of amides is 1. The Bertz CT molecular complexity index is 478. The lowest BCUT2D eigenvalue weighted by Gasteiger charge is -2.39. The highest BCUT2D eigenvalue weighted by Crippen LogP contribution is 2.20. The molecule has 1 amide bonds. The third-order valence-electron chi connectivity index (χ3n) is 4.04. The number of carbonyl (C=O) groups excluding carboxylic acids is 1. The molecule has 1 aromatic rings. The van der Waals surface area contributed by atoms with Crippen LogP contribution in [-0.2, 0) is 4.79 Å². The summed E-state index contributed by atoms with van der Waals surface area (Å²) in [4.78, 5) is 15.7. The van der Waals surface area contributed by atoms with Gasteiger partial charge in [0, 0.05) is 30.1 Å². The predicted octanol–water partition coefficient (Wildman–Crippen LogP) is 2.38. The van der Waals surface area contributed by atoms with Crippen LogP contribution in [0.3, 0.4) is 0 Å². The second-order valence-electron chi connectivity index (χ2n) is 5.45. The summed E-state index contributed by atoms with van der Waals surface area (Å²) in [6.07, 6.45) is 1.58. The Morgan fingerprint density at radius 2 is 2.05 bits per heavy atom. The standard InChI is InChI=1S/C16H24N2O2S/c1-11-12(2)18(10-9-17-11)16(19)13(3)20-14-5-7-15(21-4)8-6-14/h5-8,11-13,17H,9-10H2,1-4H3. The molecule has 1 aromatic carbocycles. The van der Waals surface area contributed by atoms with E-state index < -0.39 is 6.10 Å². The number of rotatable bonds is 4. The molecule has 21 heavy (non-hydrogen) atoms. The summed E-state index contributed by atoms with van der Waals surface area (Å²) >= 11 is 1.69. The highest BCUT2D eigenvalue weighted by atomic mass is 32.2. The Kier molecular flexibility index (Phi) is 5.53. The molecule has 0 aliphatic carbocycles. The molecule has 5 heteroatoms. The van der Waals surface area contributed by atoms with Crippen LogP contribution in [-0.4, -0.2) is 48.3 Å². The van der Waals surface area contributed by atoms with Gasteiger partial charge in [0.05, 0.1) is 0 Å². The van der Waals surface area contributed by atoms with Gasteiger partial charge in [-0.3, -0.25) is 4.79 Å². The second kappa shape index (κ2) is 7.18. The van der Waals surface area contributed by atoms with E-state index in [4.69, 9.17) is 4.74 Å². The summed E-state index contributed by atoms with van der Waals surface area (Å²) in [6.45, 7) is 7.59. The van der Waals surface area contributed by atoms with E-state index in [0.29, 0.717) is 6.04 Å². The molecule has 1 aliphatic heterocycles. The van der Waals surface area contributed by atoms with Gasteiger partial charge in [-0.25, -0.2) is 0 Å². The number of thioether (sulfide) groups is 1. The molecule has 2 rings (SSSR count). The summed E-state index contributed by atoms with van der Waals surface area (Å²) in [6, 6.07) is 8.35. The van der Waals surface area contributed by atoms with Crippen molar-refractivity contribution >= 4 is 17.7 Å². The van der Waals surface area contributed by atoms with E-state index in [1.807, 2.05) is 42.3 Å². The molecule has 1 fully saturated rings. The van der Waals surface area contributed by atoms with Crippen molar-refractivity contribution in [1.29, 1.82) is 0 Å². The number of hydrogen-bond acceptors (Lipinski definition) is 4. The highest BCUT2D eigenvalue weighted by molar-refractivity contribution is 7.98. The fourth-order valence-electron chi connectivity index (χ4n) is 2.51. The van der Waals surface area contributed by atoms with Gasteiger partial charge in [-0.2, -0.15) is 0 Å². The number of nitrogens with zero attached hydrogens (tertiary/aromatic N) is 1. The van der Waals surface area contributed by atoms with Crippen LogP contribution >= 0.6 is 11.8 Å². The lowest BCUT2D eigenvalue weighted by atomic mass is 10.1. The van der Waals surface area contributed by atoms with Gasteiger partial charge in [0.25, 0.3) is 5.91 Å². The summed E-state index contributed by atoms with van der Waals surface area (Å²) in [5.74, 6) is 0.800. The van der Waals surface area contributed by atoms with Crippen LogP contribution in [0.1, 0.15) is 20.8 Å². The minimum atomic E-state index is -0.460. The molecular formula is C16H24N2O2S. The zero-order valence-corrected chi connectivity index (χ0v) is 13.9. The molecule has 0 radical (unpaired) electrons. The van der Waals surface area contributed by atoms with Gasteiger partial charge >= 0.3 is 0 Å². The number of piperazine rings is 1. The molecule has 1 aliphatic rings. The van der Waals surface area contributed by atoms with Crippen LogP contribution < -0.4 is 10.1 Å². The lowest BCUT2D eigenvalue weighted by Crippen LogP contribution is -2.59. The smallest absolute Gasteiger partial charge is 0.263 e. The van der Waals surface area contributed by atoms with E-state index in [0.717, 1.165) is 18.8 Å². The predicted molar refractivity (Wildman–Crippen MR) is 87.0 cm³/mol. The van der Waals surface area contributed by atoms with Crippen LogP contribution in [0, 0.1) is 0 Å². The maximum Gasteiger partial charge on any atom is 0.263 e. The first kappa shape index (κ1) is 16.2. The number of hydrogen-bond donors (Lipinski definition) is 1. The zero-order chi connectivity index (χ0) is 15.4. The average Bonchev–Trinajstić information content (AvgIpc) is 2.50. The second-order valence-corrected chi connectivity index (χ2v) is 6.33. The van der Waals surface area contributed by atoms with Gasteiger partial charge < -0.3 is 15.0 Å². The first-order valence-electron chi connectivity index (χ1n) is 7.37. The van der Waals surface area contributed by atoms with E-state index in [9.17, 15) is 4.79 Å². The Hall–Kier alpha value is -1.20. The first-order valence-corrected chi connectivity index (χ1v) is 8.60. The number of ether oxygens (including phenoxy) is 1. The van der Waals surface area contributed by atoms with E-state index in [2.05, 4.69) is 19.2 Å². The molecule has 0 saturated carbocycles. The fraction of sp³-hybridized carbons (Fsp3) is 0.562. The van der Waals surface area contributed by atoms with Gasteiger partial charge in [-0.15, -0.1) is 11.8 Å². The minimum absolute atomic E-state index is 0.0600.